The monoisotopic (exact) mass is 324 g/mol. The fraction of sp³-hybridized carbons (Fsp3) is 0.412. The van der Waals surface area contributed by atoms with Gasteiger partial charge in [0.05, 0.1) is 5.69 Å². The van der Waals surface area contributed by atoms with Gasteiger partial charge >= 0.3 is 0 Å². The summed E-state index contributed by atoms with van der Waals surface area (Å²) < 4.78 is 0. The Morgan fingerprint density at radius 3 is 3.04 bits per heavy atom. The zero-order chi connectivity index (χ0) is 17.1. The van der Waals surface area contributed by atoms with Crippen molar-refractivity contribution in [2.75, 3.05) is 32.1 Å². The summed E-state index contributed by atoms with van der Waals surface area (Å²) in [4.78, 5) is 27.3. The van der Waals surface area contributed by atoms with Crippen LogP contribution >= 0.6 is 0 Å². The normalized spacial score (nSPS) is 17.6. The number of pyridine rings is 1. The van der Waals surface area contributed by atoms with Crippen LogP contribution in [0.25, 0.3) is 0 Å². The predicted molar refractivity (Wildman–Crippen MR) is 90.8 cm³/mol. The van der Waals surface area contributed by atoms with Crippen LogP contribution in [0, 0.1) is 11.3 Å². The van der Waals surface area contributed by atoms with Crippen LogP contribution in [0.3, 0.4) is 0 Å². The summed E-state index contributed by atoms with van der Waals surface area (Å²) in [5, 5.41) is 8.94. The van der Waals surface area contributed by atoms with E-state index >= 15 is 0 Å². The quantitative estimate of drug-likeness (QED) is 0.906. The molecule has 0 saturated carbocycles. The van der Waals surface area contributed by atoms with Gasteiger partial charge in [0.25, 0.3) is 5.56 Å². The first-order chi connectivity index (χ1) is 11.5. The van der Waals surface area contributed by atoms with E-state index in [0.717, 1.165) is 37.3 Å². The molecule has 0 spiro atoms. The number of aromatic nitrogens is 3. The largest absolute Gasteiger partial charge is 0.348 e. The van der Waals surface area contributed by atoms with Gasteiger partial charge in [0.2, 0.25) is 5.95 Å². The van der Waals surface area contributed by atoms with E-state index < -0.39 is 0 Å². The van der Waals surface area contributed by atoms with Crippen molar-refractivity contribution in [3.05, 3.63) is 51.7 Å². The van der Waals surface area contributed by atoms with Gasteiger partial charge in [0.15, 0.2) is 0 Å². The number of nitriles is 1. The molecule has 1 fully saturated rings. The number of H-pyrrole nitrogens is 1. The zero-order valence-corrected chi connectivity index (χ0v) is 13.9. The van der Waals surface area contributed by atoms with E-state index in [9.17, 15) is 4.79 Å². The third-order valence-corrected chi connectivity index (χ3v) is 4.21. The number of nitrogens with one attached hydrogen (secondary N) is 1. The van der Waals surface area contributed by atoms with Crippen molar-refractivity contribution in [2.24, 2.45) is 0 Å². The Bertz CT molecular complexity index is 822. The van der Waals surface area contributed by atoms with Crippen LogP contribution in [-0.4, -0.2) is 47.0 Å². The minimum absolute atomic E-state index is 0.116. The van der Waals surface area contributed by atoms with Gasteiger partial charge in [-0.15, -0.1) is 0 Å². The van der Waals surface area contributed by atoms with Gasteiger partial charge in [-0.25, -0.2) is 9.97 Å². The molecular weight excluding hydrogens is 304 g/mol. The number of nitrogens with zero attached hydrogens (tertiary/aromatic N) is 5. The Morgan fingerprint density at radius 1 is 1.46 bits per heavy atom. The molecule has 1 aliphatic rings. The molecule has 0 radical (unpaired) electrons. The highest BCUT2D eigenvalue weighted by Gasteiger charge is 2.25. The average Bonchev–Trinajstić information content (AvgIpc) is 3.03. The zero-order valence-electron chi connectivity index (χ0n) is 13.9. The van der Waals surface area contributed by atoms with Crippen LogP contribution in [-0.2, 0) is 6.54 Å². The minimum Gasteiger partial charge on any atom is -0.348 e. The van der Waals surface area contributed by atoms with Crippen LogP contribution in [0.2, 0.25) is 0 Å². The number of anilines is 1. The smallest absolute Gasteiger partial charge is 0.252 e. The lowest BCUT2D eigenvalue weighted by Gasteiger charge is -2.17. The number of aromatic amines is 1. The molecule has 3 heterocycles. The fourth-order valence-corrected chi connectivity index (χ4v) is 2.99. The van der Waals surface area contributed by atoms with Crippen molar-refractivity contribution in [3.8, 4) is 6.07 Å². The molecule has 7 heteroatoms. The van der Waals surface area contributed by atoms with Gasteiger partial charge in [-0.3, -0.25) is 14.7 Å². The Morgan fingerprint density at radius 2 is 2.29 bits per heavy atom. The van der Waals surface area contributed by atoms with Crippen molar-refractivity contribution in [2.45, 2.75) is 18.9 Å². The Balaban J connectivity index is 1.71. The van der Waals surface area contributed by atoms with E-state index in [2.05, 4.69) is 25.9 Å². The highest BCUT2D eigenvalue weighted by atomic mass is 16.1. The highest BCUT2D eigenvalue weighted by Crippen LogP contribution is 2.26. The number of hydrogen-bond donors (Lipinski definition) is 1. The molecular formula is C17H20N6O. The first-order valence-corrected chi connectivity index (χ1v) is 7.91. The molecule has 124 valence electrons. The van der Waals surface area contributed by atoms with Crippen LogP contribution in [0.5, 0.6) is 0 Å². The molecule has 1 aliphatic heterocycles. The van der Waals surface area contributed by atoms with Gasteiger partial charge in [-0.1, -0.05) is 0 Å². The maximum absolute atomic E-state index is 11.8. The van der Waals surface area contributed by atoms with E-state index in [1.165, 1.54) is 0 Å². The van der Waals surface area contributed by atoms with Gasteiger partial charge in [0, 0.05) is 45.4 Å². The summed E-state index contributed by atoms with van der Waals surface area (Å²) in [5.74, 6) is 0.840. The molecule has 7 nitrogen and oxygen atoms in total. The summed E-state index contributed by atoms with van der Waals surface area (Å²) >= 11 is 0. The van der Waals surface area contributed by atoms with Crippen LogP contribution < -0.4 is 10.5 Å². The van der Waals surface area contributed by atoms with Gasteiger partial charge in [-0.05, 0) is 30.7 Å². The van der Waals surface area contributed by atoms with E-state index in [4.69, 9.17) is 5.26 Å². The van der Waals surface area contributed by atoms with E-state index in [0.29, 0.717) is 11.6 Å². The molecule has 0 amide bonds. The topological polar surface area (TPSA) is 88.9 Å². The van der Waals surface area contributed by atoms with Crippen LogP contribution in [0.15, 0.2) is 29.2 Å². The van der Waals surface area contributed by atoms with Gasteiger partial charge < -0.3 is 4.90 Å². The van der Waals surface area contributed by atoms with Crippen molar-refractivity contribution in [1.29, 1.82) is 5.26 Å². The second-order valence-corrected chi connectivity index (χ2v) is 6.27. The van der Waals surface area contributed by atoms with E-state index in [-0.39, 0.29) is 11.5 Å². The predicted octanol–water partition coefficient (Wildman–Crippen LogP) is 1.09. The Hall–Kier alpha value is -2.72. The standard InChI is InChI=1S/C17H20N6O/c1-22(2)17-20-15(8-16(24)21-17)13-4-6-23(11-13)10-12-3-5-19-14(7-12)9-18/h3,5,7-8,13H,4,6,10-11H2,1-2H3,(H,20,21,24). The third kappa shape index (κ3) is 3.60. The summed E-state index contributed by atoms with van der Waals surface area (Å²) in [6, 6.07) is 7.42. The van der Waals surface area contributed by atoms with E-state index in [1.54, 1.807) is 17.2 Å². The summed E-state index contributed by atoms with van der Waals surface area (Å²) in [5.41, 5.74) is 2.25. The minimum atomic E-state index is -0.116. The van der Waals surface area contributed by atoms with Gasteiger partial charge in [-0.2, -0.15) is 5.26 Å². The molecule has 1 N–H and O–H groups in total. The maximum atomic E-state index is 11.8. The summed E-state index contributed by atoms with van der Waals surface area (Å²) in [6.07, 6.45) is 2.64. The molecule has 0 bridgehead atoms. The number of likely N-dealkylation sites (tertiary alicyclic amines) is 1. The SMILES string of the molecule is CN(C)c1nc(C2CCN(Cc3ccnc(C#N)c3)C2)cc(=O)[nH]1. The third-order valence-electron chi connectivity index (χ3n) is 4.21. The molecule has 0 aromatic carbocycles. The van der Waals surface area contributed by atoms with Crippen molar-refractivity contribution in [1.82, 2.24) is 19.9 Å². The first-order valence-electron chi connectivity index (χ1n) is 7.91. The second kappa shape index (κ2) is 6.81. The molecule has 3 rings (SSSR count). The lowest BCUT2D eigenvalue weighted by atomic mass is 10.1. The number of hydrogen-bond acceptors (Lipinski definition) is 6. The average molecular weight is 324 g/mol. The molecule has 2 aromatic rings. The molecule has 2 aromatic heterocycles. The highest BCUT2D eigenvalue weighted by molar-refractivity contribution is 5.29. The molecule has 1 unspecified atom stereocenters. The molecule has 24 heavy (non-hydrogen) atoms. The van der Waals surface area contributed by atoms with Crippen molar-refractivity contribution in [3.63, 3.8) is 0 Å². The second-order valence-electron chi connectivity index (χ2n) is 6.27. The van der Waals surface area contributed by atoms with E-state index in [1.807, 2.05) is 26.2 Å². The van der Waals surface area contributed by atoms with Crippen molar-refractivity contribution >= 4 is 5.95 Å². The summed E-state index contributed by atoms with van der Waals surface area (Å²) in [7, 11) is 3.72. The molecule has 1 saturated heterocycles. The maximum Gasteiger partial charge on any atom is 0.252 e. The lowest BCUT2D eigenvalue weighted by Crippen LogP contribution is -2.22. The fourth-order valence-electron chi connectivity index (χ4n) is 2.99. The first kappa shape index (κ1) is 16.1. The van der Waals surface area contributed by atoms with Crippen LogP contribution in [0.1, 0.15) is 29.3 Å². The van der Waals surface area contributed by atoms with Crippen LogP contribution in [0.4, 0.5) is 5.95 Å². The Kier molecular flexibility index (Phi) is 4.58. The van der Waals surface area contributed by atoms with Gasteiger partial charge in [0.1, 0.15) is 11.8 Å². The summed E-state index contributed by atoms with van der Waals surface area (Å²) in [6.45, 7) is 2.58. The Labute approximate surface area is 140 Å². The molecule has 1 atom stereocenters. The lowest BCUT2D eigenvalue weighted by molar-refractivity contribution is 0.326. The number of rotatable bonds is 4. The van der Waals surface area contributed by atoms with Crippen molar-refractivity contribution < 1.29 is 0 Å². The molecule has 0 aliphatic carbocycles.